The van der Waals surface area contributed by atoms with Crippen molar-refractivity contribution < 1.29 is 13.9 Å². The summed E-state index contributed by atoms with van der Waals surface area (Å²) in [5.41, 5.74) is 3.31. The summed E-state index contributed by atoms with van der Waals surface area (Å²) in [6.07, 6.45) is 0. The van der Waals surface area contributed by atoms with Crippen LogP contribution in [-0.4, -0.2) is 48.8 Å². The molecule has 1 aromatic heterocycles. The van der Waals surface area contributed by atoms with Gasteiger partial charge >= 0.3 is 0 Å². The number of carbonyl (C=O) groups is 1. The number of methoxy groups -OCH3 is 1. The van der Waals surface area contributed by atoms with Gasteiger partial charge in [-0.2, -0.15) is 5.10 Å². The van der Waals surface area contributed by atoms with E-state index in [9.17, 15) is 9.18 Å². The van der Waals surface area contributed by atoms with Crippen LogP contribution >= 0.6 is 0 Å². The molecule has 0 aliphatic heterocycles. The molecule has 1 amide bonds. The summed E-state index contributed by atoms with van der Waals surface area (Å²) < 4.78 is 18.7. The third-order valence-electron chi connectivity index (χ3n) is 4.86. The van der Waals surface area contributed by atoms with E-state index >= 15 is 0 Å². The maximum Gasteiger partial charge on any atom is 0.269 e. The third kappa shape index (κ3) is 4.81. The first-order valence-corrected chi connectivity index (χ1v) is 9.29. The number of ether oxygens (including phenoxy) is 1. The first kappa shape index (κ1) is 20.5. The van der Waals surface area contributed by atoms with Crippen LogP contribution in [0.25, 0.3) is 11.3 Å². The van der Waals surface area contributed by atoms with E-state index in [4.69, 9.17) is 4.74 Å². The molecule has 1 atom stereocenters. The summed E-state index contributed by atoms with van der Waals surface area (Å²) in [6, 6.07) is 14.2. The first-order valence-electron chi connectivity index (χ1n) is 9.29. The fraction of sp³-hybridized carbons (Fsp3) is 0.273. The van der Waals surface area contributed by atoms with Crippen LogP contribution < -0.4 is 10.1 Å². The average molecular weight is 396 g/mol. The number of rotatable bonds is 7. The fourth-order valence-electron chi connectivity index (χ4n) is 3.10. The van der Waals surface area contributed by atoms with E-state index in [-0.39, 0.29) is 17.8 Å². The molecule has 6 nitrogen and oxygen atoms in total. The number of benzene rings is 2. The van der Waals surface area contributed by atoms with Crippen molar-refractivity contribution in [2.45, 2.75) is 13.0 Å². The highest BCUT2D eigenvalue weighted by atomic mass is 19.1. The zero-order valence-corrected chi connectivity index (χ0v) is 17.0. The number of amides is 1. The predicted molar refractivity (Wildman–Crippen MR) is 110 cm³/mol. The molecule has 152 valence electrons. The first-order chi connectivity index (χ1) is 13.9. The molecule has 2 aromatic carbocycles. The van der Waals surface area contributed by atoms with Crippen LogP contribution in [0, 0.1) is 12.7 Å². The lowest BCUT2D eigenvalue weighted by molar-refractivity contribution is 0.0937. The van der Waals surface area contributed by atoms with Gasteiger partial charge in [-0.15, -0.1) is 0 Å². The number of H-pyrrole nitrogens is 1. The Morgan fingerprint density at radius 2 is 1.93 bits per heavy atom. The van der Waals surface area contributed by atoms with Crippen molar-refractivity contribution in [3.05, 3.63) is 71.2 Å². The maximum atomic E-state index is 13.5. The van der Waals surface area contributed by atoms with Crippen molar-refractivity contribution in [1.82, 2.24) is 20.4 Å². The molecule has 0 radical (unpaired) electrons. The zero-order valence-electron chi connectivity index (χ0n) is 17.0. The largest absolute Gasteiger partial charge is 0.497 e. The molecular formula is C22H25FN4O2. The van der Waals surface area contributed by atoms with Crippen LogP contribution in [0.5, 0.6) is 5.75 Å². The maximum absolute atomic E-state index is 13.5. The second-order valence-corrected chi connectivity index (χ2v) is 7.09. The molecule has 3 aromatic rings. The van der Waals surface area contributed by atoms with Crippen molar-refractivity contribution in [1.29, 1.82) is 0 Å². The molecule has 0 bridgehead atoms. The number of aryl methyl sites for hydroxylation is 1. The molecule has 7 heteroatoms. The minimum absolute atomic E-state index is 0.00648. The van der Waals surface area contributed by atoms with Gasteiger partial charge in [-0.3, -0.25) is 9.89 Å². The summed E-state index contributed by atoms with van der Waals surface area (Å²) in [4.78, 5) is 14.6. The molecule has 0 aliphatic carbocycles. The summed E-state index contributed by atoms with van der Waals surface area (Å²) in [5, 5.41) is 9.89. The Morgan fingerprint density at radius 3 is 2.55 bits per heavy atom. The molecular weight excluding hydrogens is 371 g/mol. The van der Waals surface area contributed by atoms with Crippen LogP contribution in [0.2, 0.25) is 0 Å². The smallest absolute Gasteiger partial charge is 0.269 e. The fourth-order valence-corrected chi connectivity index (χ4v) is 3.10. The van der Waals surface area contributed by atoms with Gasteiger partial charge in [-0.25, -0.2) is 4.39 Å². The number of aromatic nitrogens is 2. The van der Waals surface area contributed by atoms with Gasteiger partial charge in [0.2, 0.25) is 0 Å². The monoisotopic (exact) mass is 396 g/mol. The number of halogens is 1. The van der Waals surface area contributed by atoms with Gasteiger partial charge < -0.3 is 15.0 Å². The third-order valence-corrected chi connectivity index (χ3v) is 4.86. The lowest BCUT2D eigenvalue weighted by atomic mass is 10.1. The van der Waals surface area contributed by atoms with Gasteiger partial charge in [0.25, 0.3) is 5.91 Å². The molecule has 0 spiro atoms. The number of aromatic amines is 1. The lowest BCUT2D eigenvalue weighted by Crippen LogP contribution is -2.34. The number of likely N-dealkylation sites (N-methyl/N-ethyl adjacent to an activating group) is 1. The lowest BCUT2D eigenvalue weighted by Gasteiger charge is -2.25. The average Bonchev–Trinajstić information content (AvgIpc) is 3.20. The van der Waals surface area contributed by atoms with E-state index in [1.807, 2.05) is 43.3 Å². The second kappa shape index (κ2) is 8.87. The normalized spacial score (nSPS) is 12.1. The summed E-state index contributed by atoms with van der Waals surface area (Å²) >= 11 is 0. The van der Waals surface area contributed by atoms with Gasteiger partial charge in [0.1, 0.15) is 17.3 Å². The highest BCUT2D eigenvalue weighted by Gasteiger charge is 2.17. The molecule has 0 fully saturated rings. The van der Waals surface area contributed by atoms with Crippen LogP contribution in [0.1, 0.15) is 27.7 Å². The molecule has 1 unspecified atom stereocenters. The van der Waals surface area contributed by atoms with Crippen LogP contribution in [0.4, 0.5) is 4.39 Å². The van der Waals surface area contributed by atoms with E-state index in [1.54, 1.807) is 32.2 Å². The highest BCUT2D eigenvalue weighted by molar-refractivity contribution is 5.93. The van der Waals surface area contributed by atoms with Crippen molar-refractivity contribution in [3.63, 3.8) is 0 Å². The van der Waals surface area contributed by atoms with Crippen LogP contribution in [-0.2, 0) is 0 Å². The SMILES string of the molecule is COc1ccc(C(CNC(=O)c2cc(-c3ccc(F)c(C)c3)n[nH]2)N(C)C)cc1. The molecule has 3 rings (SSSR count). The van der Waals surface area contributed by atoms with E-state index in [0.717, 1.165) is 16.9 Å². The Bertz CT molecular complexity index is 983. The Hall–Kier alpha value is -3.19. The van der Waals surface area contributed by atoms with Crippen LogP contribution in [0.15, 0.2) is 48.5 Å². The van der Waals surface area contributed by atoms with Gasteiger partial charge in [0, 0.05) is 12.1 Å². The van der Waals surface area contributed by atoms with E-state index < -0.39 is 0 Å². The molecule has 0 aliphatic rings. The molecule has 1 heterocycles. The number of nitrogens with one attached hydrogen (secondary N) is 2. The Labute approximate surface area is 169 Å². The molecule has 29 heavy (non-hydrogen) atoms. The number of hydrogen-bond acceptors (Lipinski definition) is 4. The minimum atomic E-state index is -0.268. The van der Waals surface area contributed by atoms with Crippen molar-refractivity contribution in [2.24, 2.45) is 0 Å². The zero-order chi connectivity index (χ0) is 21.0. The minimum Gasteiger partial charge on any atom is -0.497 e. The number of hydrogen-bond donors (Lipinski definition) is 2. The van der Waals surface area contributed by atoms with E-state index in [0.29, 0.717) is 23.5 Å². The Morgan fingerprint density at radius 1 is 1.21 bits per heavy atom. The summed E-state index contributed by atoms with van der Waals surface area (Å²) in [7, 11) is 5.56. The Balaban J connectivity index is 1.69. The van der Waals surface area contributed by atoms with Gasteiger partial charge in [0.15, 0.2) is 0 Å². The van der Waals surface area contributed by atoms with Gasteiger partial charge in [0.05, 0.1) is 18.8 Å². The van der Waals surface area contributed by atoms with Crippen LogP contribution in [0.3, 0.4) is 0 Å². The van der Waals surface area contributed by atoms with E-state index in [2.05, 4.69) is 15.5 Å². The Kier molecular flexibility index (Phi) is 6.29. The van der Waals surface area contributed by atoms with Gasteiger partial charge in [-0.1, -0.05) is 12.1 Å². The highest BCUT2D eigenvalue weighted by Crippen LogP contribution is 2.22. The molecule has 0 saturated heterocycles. The van der Waals surface area contributed by atoms with Crippen molar-refractivity contribution >= 4 is 5.91 Å². The number of carbonyl (C=O) groups excluding carboxylic acids is 1. The second-order valence-electron chi connectivity index (χ2n) is 7.09. The topological polar surface area (TPSA) is 70.2 Å². The predicted octanol–water partition coefficient (Wildman–Crippen LogP) is 3.57. The molecule has 2 N–H and O–H groups in total. The van der Waals surface area contributed by atoms with E-state index in [1.165, 1.54) is 6.07 Å². The van der Waals surface area contributed by atoms with Crippen molar-refractivity contribution in [3.8, 4) is 17.0 Å². The summed E-state index contributed by atoms with van der Waals surface area (Å²) in [5.74, 6) is 0.273. The summed E-state index contributed by atoms with van der Waals surface area (Å²) in [6.45, 7) is 2.13. The van der Waals surface area contributed by atoms with Crippen molar-refractivity contribution in [2.75, 3.05) is 27.7 Å². The molecule has 0 saturated carbocycles. The quantitative estimate of drug-likeness (QED) is 0.641. The number of nitrogens with zero attached hydrogens (tertiary/aromatic N) is 2. The standard InChI is InChI=1S/C22H25FN4O2/c1-14-11-16(7-10-18(14)23)19-12-20(26-25-19)22(28)24-13-21(27(2)3)15-5-8-17(29-4)9-6-15/h5-12,21H,13H2,1-4H3,(H,24,28)(H,25,26). The van der Waals surface area contributed by atoms with Gasteiger partial charge in [-0.05, 0) is 68.5 Å².